The molecule has 0 aromatic carbocycles. The second-order valence-electron chi connectivity index (χ2n) is 5.59. The van der Waals surface area contributed by atoms with E-state index in [0.29, 0.717) is 23.3 Å². The van der Waals surface area contributed by atoms with Gasteiger partial charge in [-0.05, 0) is 33.1 Å². The van der Waals surface area contributed by atoms with Crippen molar-refractivity contribution in [2.75, 3.05) is 13.1 Å². The summed E-state index contributed by atoms with van der Waals surface area (Å²) >= 11 is 0. The molecule has 1 saturated heterocycles. The van der Waals surface area contributed by atoms with E-state index in [1.54, 1.807) is 16.5 Å². The number of rotatable bonds is 3. The molecular weight excluding hydrogens is 284 g/mol. The molecule has 0 N–H and O–H groups in total. The maximum Gasteiger partial charge on any atom is 0.296 e. The molecule has 0 radical (unpaired) electrons. The molecule has 1 amide bonds. The number of fused-ring (bicyclic) bond motifs is 1. The van der Waals surface area contributed by atoms with Crippen molar-refractivity contribution in [2.45, 2.75) is 46.2 Å². The molecule has 118 valence electrons. The number of hydrogen-bond donors (Lipinski definition) is 0. The Hall–Kier alpha value is -2.25. The maximum atomic E-state index is 12.6. The van der Waals surface area contributed by atoms with Crippen LogP contribution in [0.2, 0.25) is 0 Å². The SMILES string of the molecule is CCn1nc(C)c2nnn(CC(=O)N3CCCCC3)c(=O)c21. The van der Waals surface area contributed by atoms with E-state index in [1.807, 2.05) is 6.92 Å². The Labute approximate surface area is 127 Å². The number of aryl methyl sites for hydroxylation is 2. The van der Waals surface area contributed by atoms with Gasteiger partial charge in [-0.25, -0.2) is 0 Å². The Bertz CT molecular complexity index is 757. The van der Waals surface area contributed by atoms with Gasteiger partial charge in [-0.1, -0.05) is 5.21 Å². The van der Waals surface area contributed by atoms with Gasteiger partial charge in [-0.15, -0.1) is 5.10 Å². The van der Waals surface area contributed by atoms with Gasteiger partial charge in [0, 0.05) is 19.6 Å². The zero-order valence-electron chi connectivity index (χ0n) is 12.9. The molecule has 0 aliphatic carbocycles. The second kappa shape index (κ2) is 5.86. The average molecular weight is 304 g/mol. The summed E-state index contributed by atoms with van der Waals surface area (Å²) in [4.78, 5) is 26.7. The van der Waals surface area contributed by atoms with Gasteiger partial charge in [0.25, 0.3) is 5.56 Å². The number of carbonyl (C=O) groups excluding carboxylic acids is 1. The van der Waals surface area contributed by atoms with Crippen molar-refractivity contribution in [1.82, 2.24) is 29.7 Å². The monoisotopic (exact) mass is 304 g/mol. The predicted octanol–water partition coefficient (Wildman–Crippen LogP) is 0.329. The summed E-state index contributed by atoms with van der Waals surface area (Å²) in [6.45, 7) is 5.74. The van der Waals surface area contributed by atoms with Gasteiger partial charge in [0.2, 0.25) is 5.91 Å². The number of likely N-dealkylation sites (tertiary alicyclic amines) is 1. The third kappa shape index (κ3) is 2.49. The summed E-state index contributed by atoms with van der Waals surface area (Å²) in [6.07, 6.45) is 3.20. The van der Waals surface area contributed by atoms with Crippen molar-refractivity contribution in [3.05, 3.63) is 16.0 Å². The fourth-order valence-corrected chi connectivity index (χ4v) is 2.87. The van der Waals surface area contributed by atoms with Crippen LogP contribution >= 0.6 is 0 Å². The molecule has 22 heavy (non-hydrogen) atoms. The summed E-state index contributed by atoms with van der Waals surface area (Å²) in [6, 6.07) is 0. The van der Waals surface area contributed by atoms with Crippen molar-refractivity contribution in [1.29, 1.82) is 0 Å². The Morgan fingerprint density at radius 2 is 1.91 bits per heavy atom. The molecule has 1 aliphatic heterocycles. The quantitative estimate of drug-likeness (QED) is 0.815. The van der Waals surface area contributed by atoms with Crippen LogP contribution in [-0.4, -0.2) is 48.7 Å². The minimum absolute atomic E-state index is 0.0598. The zero-order valence-corrected chi connectivity index (χ0v) is 12.9. The normalized spacial score (nSPS) is 15.5. The van der Waals surface area contributed by atoms with Crippen LogP contribution in [0, 0.1) is 6.92 Å². The van der Waals surface area contributed by atoms with E-state index < -0.39 is 0 Å². The standard InChI is InChI=1S/C14H20N6O2/c1-3-19-13-12(10(2)16-19)15-17-20(14(13)22)9-11(21)18-7-5-4-6-8-18/h3-9H2,1-2H3. The number of carbonyl (C=O) groups is 1. The predicted molar refractivity (Wildman–Crippen MR) is 80.4 cm³/mol. The van der Waals surface area contributed by atoms with Crippen LogP contribution in [0.25, 0.3) is 11.0 Å². The Balaban J connectivity index is 1.92. The maximum absolute atomic E-state index is 12.6. The van der Waals surface area contributed by atoms with E-state index in [-0.39, 0.29) is 18.0 Å². The molecule has 1 aliphatic rings. The fraction of sp³-hybridized carbons (Fsp3) is 0.643. The molecular formula is C14H20N6O2. The highest BCUT2D eigenvalue weighted by Crippen LogP contribution is 2.11. The van der Waals surface area contributed by atoms with Crippen LogP contribution in [-0.2, 0) is 17.9 Å². The molecule has 3 rings (SSSR count). The van der Waals surface area contributed by atoms with Crippen molar-refractivity contribution in [3.63, 3.8) is 0 Å². The fourth-order valence-electron chi connectivity index (χ4n) is 2.87. The molecule has 0 bridgehead atoms. The van der Waals surface area contributed by atoms with Gasteiger partial charge >= 0.3 is 0 Å². The van der Waals surface area contributed by atoms with Crippen LogP contribution in [0.15, 0.2) is 4.79 Å². The van der Waals surface area contributed by atoms with Crippen molar-refractivity contribution >= 4 is 16.9 Å². The Morgan fingerprint density at radius 1 is 1.18 bits per heavy atom. The topological polar surface area (TPSA) is 85.9 Å². The number of piperidine rings is 1. The smallest absolute Gasteiger partial charge is 0.296 e. The molecule has 0 spiro atoms. The van der Waals surface area contributed by atoms with E-state index in [2.05, 4.69) is 15.4 Å². The molecule has 0 unspecified atom stereocenters. The van der Waals surface area contributed by atoms with Crippen LogP contribution in [0.3, 0.4) is 0 Å². The van der Waals surface area contributed by atoms with Crippen molar-refractivity contribution in [3.8, 4) is 0 Å². The average Bonchev–Trinajstić information content (AvgIpc) is 2.87. The lowest BCUT2D eigenvalue weighted by Gasteiger charge is -2.26. The molecule has 2 aromatic rings. The molecule has 3 heterocycles. The van der Waals surface area contributed by atoms with Gasteiger partial charge in [0.1, 0.15) is 12.1 Å². The lowest BCUT2D eigenvalue weighted by atomic mass is 10.1. The lowest BCUT2D eigenvalue weighted by molar-refractivity contribution is -0.133. The molecule has 8 heteroatoms. The van der Waals surface area contributed by atoms with Gasteiger partial charge in [0.15, 0.2) is 5.52 Å². The zero-order chi connectivity index (χ0) is 15.7. The van der Waals surface area contributed by atoms with Crippen LogP contribution < -0.4 is 5.56 Å². The number of aromatic nitrogens is 5. The van der Waals surface area contributed by atoms with Crippen LogP contribution in [0.5, 0.6) is 0 Å². The first-order valence-electron chi connectivity index (χ1n) is 7.70. The van der Waals surface area contributed by atoms with Crippen LogP contribution in [0.1, 0.15) is 31.9 Å². The first-order chi connectivity index (χ1) is 10.6. The number of nitrogens with zero attached hydrogens (tertiary/aromatic N) is 6. The first kappa shape index (κ1) is 14.7. The molecule has 8 nitrogen and oxygen atoms in total. The van der Waals surface area contributed by atoms with Gasteiger partial charge in [0.05, 0.1) is 5.69 Å². The minimum Gasteiger partial charge on any atom is -0.341 e. The Morgan fingerprint density at radius 3 is 2.59 bits per heavy atom. The van der Waals surface area contributed by atoms with E-state index in [9.17, 15) is 9.59 Å². The van der Waals surface area contributed by atoms with Gasteiger partial charge in [-0.2, -0.15) is 9.78 Å². The highest BCUT2D eigenvalue weighted by Gasteiger charge is 2.20. The third-order valence-corrected chi connectivity index (χ3v) is 4.08. The summed E-state index contributed by atoms with van der Waals surface area (Å²) in [5.74, 6) is -0.0743. The number of amides is 1. The largest absolute Gasteiger partial charge is 0.341 e. The highest BCUT2D eigenvalue weighted by atomic mass is 16.2. The van der Waals surface area contributed by atoms with Crippen molar-refractivity contribution in [2.24, 2.45) is 0 Å². The van der Waals surface area contributed by atoms with E-state index >= 15 is 0 Å². The minimum atomic E-state index is -0.308. The van der Waals surface area contributed by atoms with E-state index in [1.165, 1.54) is 0 Å². The summed E-state index contributed by atoms with van der Waals surface area (Å²) < 4.78 is 2.76. The molecule has 2 aromatic heterocycles. The van der Waals surface area contributed by atoms with E-state index in [0.717, 1.165) is 37.0 Å². The van der Waals surface area contributed by atoms with Gasteiger partial charge in [-0.3, -0.25) is 14.3 Å². The molecule has 0 atom stereocenters. The summed E-state index contributed by atoms with van der Waals surface area (Å²) in [5.41, 5.74) is 1.30. The van der Waals surface area contributed by atoms with Gasteiger partial charge < -0.3 is 4.90 Å². The molecule has 0 saturated carbocycles. The van der Waals surface area contributed by atoms with Crippen molar-refractivity contribution < 1.29 is 4.79 Å². The third-order valence-electron chi connectivity index (χ3n) is 4.08. The first-order valence-corrected chi connectivity index (χ1v) is 7.70. The summed E-state index contributed by atoms with van der Waals surface area (Å²) in [7, 11) is 0. The second-order valence-corrected chi connectivity index (χ2v) is 5.59. The molecule has 1 fully saturated rings. The van der Waals surface area contributed by atoms with E-state index in [4.69, 9.17) is 0 Å². The summed E-state index contributed by atoms with van der Waals surface area (Å²) in [5, 5.41) is 12.3. The lowest BCUT2D eigenvalue weighted by Crippen LogP contribution is -2.40. The Kier molecular flexibility index (Phi) is 3.91. The van der Waals surface area contributed by atoms with Crippen LogP contribution in [0.4, 0.5) is 0 Å². The highest BCUT2D eigenvalue weighted by molar-refractivity contribution is 5.78. The number of hydrogen-bond acceptors (Lipinski definition) is 5.